The summed E-state index contributed by atoms with van der Waals surface area (Å²) in [5.41, 5.74) is 3.76. The van der Waals surface area contributed by atoms with Gasteiger partial charge in [0.2, 0.25) is 0 Å². The number of rotatable bonds is 5. The van der Waals surface area contributed by atoms with Gasteiger partial charge in [0.1, 0.15) is 5.58 Å². The lowest BCUT2D eigenvalue weighted by Crippen LogP contribution is -2.48. The zero-order chi connectivity index (χ0) is 28.3. The lowest BCUT2D eigenvalue weighted by molar-refractivity contribution is 0.0746. The van der Waals surface area contributed by atoms with E-state index in [1.807, 2.05) is 65.6 Å². The van der Waals surface area contributed by atoms with E-state index in [1.165, 1.54) is 0 Å². The Morgan fingerprint density at radius 3 is 2.20 bits per heavy atom. The van der Waals surface area contributed by atoms with Crippen molar-refractivity contribution in [2.75, 3.05) is 36.4 Å². The molecule has 1 aliphatic heterocycles. The summed E-state index contributed by atoms with van der Waals surface area (Å²) in [6.07, 6.45) is 0. The molecule has 0 spiro atoms. The molecule has 7 nitrogen and oxygen atoms in total. The third kappa shape index (κ3) is 5.58. The van der Waals surface area contributed by atoms with Crippen molar-refractivity contribution in [2.24, 2.45) is 0 Å². The molecule has 0 unspecified atom stereocenters. The van der Waals surface area contributed by atoms with Gasteiger partial charge in [-0.05, 0) is 60.2 Å². The molecule has 8 heteroatoms. The van der Waals surface area contributed by atoms with Gasteiger partial charge in [-0.1, -0.05) is 60.1 Å². The van der Waals surface area contributed by atoms with Gasteiger partial charge in [0.25, 0.3) is 11.8 Å². The Morgan fingerprint density at radius 2 is 1.46 bits per heavy atom. The molecule has 1 aliphatic rings. The van der Waals surface area contributed by atoms with Crippen molar-refractivity contribution in [1.82, 2.24) is 4.90 Å². The number of hydrogen-bond donors (Lipinski definition) is 1. The van der Waals surface area contributed by atoms with E-state index in [1.54, 1.807) is 42.5 Å². The highest BCUT2D eigenvalue weighted by Crippen LogP contribution is 2.30. The largest absolute Gasteiger partial charge is 0.422 e. The van der Waals surface area contributed by atoms with E-state index >= 15 is 0 Å². The average Bonchev–Trinajstić information content (AvgIpc) is 3.01. The van der Waals surface area contributed by atoms with Crippen LogP contribution in [-0.4, -0.2) is 42.9 Å². The van der Waals surface area contributed by atoms with Crippen LogP contribution >= 0.6 is 11.6 Å². The third-order valence-electron chi connectivity index (χ3n) is 7.23. The van der Waals surface area contributed by atoms with Gasteiger partial charge in [0.05, 0.1) is 16.3 Å². The molecule has 1 N–H and O–H groups in total. The number of nitrogens with zero attached hydrogens (tertiary/aromatic N) is 2. The predicted molar refractivity (Wildman–Crippen MR) is 162 cm³/mol. The zero-order valence-corrected chi connectivity index (χ0v) is 22.8. The van der Waals surface area contributed by atoms with E-state index in [4.69, 9.17) is 16.0 Å². The normalized spacial score (nSPS) is 13.3. The van der Waals surface area contributed by atoms with Crippen LogP contribution in [0.1, 0.15) is 20.7 Å². The quantitative estimate of drug-likeness (QED) is 0.253. The molecule has 2 amide bonds. The summed E-state index contributed by atoms with van der Waals surface area (Å²) >= 11 is 6.62. The number of anilines is 2. The summed E-state index contributed by atoms with van der Waals surface area (Å²) < 4.78 is 5.43. The second-order valence-electron chi connectivity index (χ2n) is 9.83. The fraction of sp³-hybridized carbons (Fsp3) is 0.121. The topological polar surface area (TPSA) is 82.9 Å². The number of nitrogens with one attached hydrogen (secondary N) is 1. The Balaban J connectivity index is 1.10. The van der Waals surface area contributed by atoms with Crippen LogP contribution < -0.4 is 15.8 Å². The molecule has 204 valence electrons. The van der Waals surface area contributed by atoms with Crippen LogP contribution in [0, 0.1) is 0 Å². The van der Waals surface area contributed by atoms with Gasteiger partial charge >= 0.3 is 5.63 Å². The molecule has 41 heavy (non-hydrogen) atoms. The fourth-order valence-corrected chi connectivity index (χ4v) is 5.32. The molecule has 0 atom stereocenters. The number of amides is 2. The van der Waals surface area contributed by atoms with Crippen molar-refractivity contribution in [3.8, 4) is 11.1 Å². The molecule has 0 radical (unpaired) electrons. The van der Waals surface area contributed by atoms with Crippen molar-refractivity contribution in [3.05, 3.63) is 130 Å². The van der Waals surface area contributed by atoms with Crippen LogP contribution in [0.3, 0.4) is 0 Å². The molecule has 1 aromatic heterocycles. The monoisotopic (exact) mass is 563 g/mol. The van der Waals surface area contributed by atoms with Crippen LogP contribution in [0.4, 0.5) is 11.4 Å². The maximum absolute atomic E-state index is 12.9. The lowest BCUT2D eigenvalue weighted by Gasteiger charge is -2.36. The Bertz CT molecular complexity index is 1790. The van der Waals surface area contributed by atoms with E-state index in [0.717, 1.165) is 11.1 Å². The van der Waals surface area contributed by atoms with E-state index in [2.05, 4.69) is 10.2 Å². The summed E-state index contributed by atoms with van der Waals surface area (Å²) in [6, 6.07) is 30.6. The lowest BCUT2D eigenvalue weighted by atomic mass is 10.0. The van der Waals surface area contributed by atoms with Crippen molar-refractivity contribution in [3.63, 3.8) is 0 Å². The van der Waals surface area contributed by atoms with Crippen LogP contribution in [-0.2, 0) is 0 Å². The van der Waals surface area contributed by atoms with Crippen LogP contribution in [0.5, 0.6) is 0 Å². The first-order valence-electron chi connectivity index (χ1n) is 13.3. The number of fused-ring (bicyclic) bond motifs is 1. The molecule has 0 saturated carbocycles. The minimum atomic E-state index is -0.431. The highest BCUT2D eigenvalue weighted by Gasteiger charge is 2.23. The number of carbonyl (C=O) groups excluding carboxylic acids is 2. The van der Waals surface area contributed by atoms with Gasteiger partial charge in [-0.3, -0.25) is 9.59 Å². The van der Waals surface area contributed by atoms with Gasteiger partial charge < -0.3 is 19.5 Å². The van der Waals surface area contributed by atoms with Crippen LogP contribution in [0.25, 0.3) is 22.1 Å². The van der Waals surface area contributed by atoms with E-state index in [-0.39, 0.29) is 11.8 Å². The van der Waals surface area contributed by atoms with Gasteiger partial charge in [-0.25, -0.2) is 4.79 Å². The summed E-state index contributed by atoms with van der Waals surface area (Å²) in [7, 11) is 0. The second kappa shape index (κ2) is 11.3. The summed E-state index contributed by atoms with van der Waals surface area (Å²) in [5, 5.41) is 4.23. The number of hydrogen-bond acceptors (Lipinski definition) is 5. The molecule has 6 rings (SSSR count). The van der Waals surface area contributed by atoms with Crippen LogP contribution in [0.15, 0.2) is 112 Å². The van der Waals surface area contributed by atoms with Gasteiger partial charge in [-0.2, -0.15) is 0 Å². The fourth-order valence-electron chi connectivity index (χ4n) is 5.02. The molecular weight excluding hydrogens is 538 g/mol. The standard InChI is InChI=1S/C33H26ClN3O4/c34-28-21-26(14-15-29(28)36-16-18-37(19-17-36)32(39)24-6-2-1-3-7-24)35-31(38)23-12-10-22(11-13-23)27-20-25-8-4-5-9-30(25)41-33(27)40/h1-15,20-21H,16-19H2,(H,35,38). The van der Waals surface area contributed by atoms with E-state index in [0.29, 0.717) is 64.7 Å². The summed E-state index contributed by atoms with van der Waals surface area (Å²) in [4.78, 5) is 42.2. The number of halogens is 1. The predicted octanol–water partition coefficient (Wildman–Crippen LogP) is 6.33. The average molecular weight is 564 g/mol. The molecular formula is C33H26ClN3O4. The minimum absolute atomic E-state index is 0.0307. The van der Waals surface area contributed by atoms with Crippen molar-refractivity contribution >= 4 is 45.8 Å². The van der Waals surface area contributed by atoms with Gasteiger partial charge in [0.15, 0.2) is 0 Å². The Morgan fingerprint density at radius 1 is 0.756 bits per heavy atom. The van der Waals surface area contributed by atoms with Gasteiger partial charge in [-0.15, -0.1) is 0 Å². The third-order valence-corrected chi connectivity index (χ3v) is 7.54. The first kappa shape index (κ1) is 26.3. The minimum Gasteiger partial charge on any atom is -0.422 e. The van der Waals surface area contributed by atoms with E-state index < -0.39 is 5.63 Å². The maximum Gasteiger partial charge on any atom is 0.344 e. The molecule has 5 aromatic rings. The Labute approximate surface area is 241 Å². The number of carbonyl (C=O) groups is 2. The highest BCUT2D eigenvalue weighted by atomic mass is 35.5. The Hall–Kier alpha value is -4.88. The van der Waals surface area contributed by atoms with E-state index in [9.17, 15) is 14.4 Å². The Kier molecular flexibility index (Phi) is 7.27. The first-order chi connectivity index (χ1) is 20.0. The van der Waals surface area contributed by atoms with Crippen LogP contribution in [0.2, 0.25) is 5.02 Å². The second-order valence-corrected chi connectivity index (χ2v) is 10.2. The SMILES string of the molecule is O=C(Nc1ccc(N2CCN(C(=O)c3ccccc3)CC2)c(Cl)c1)c1ccc(-c2cc3ccccc3oc2=O)cc1. The zero-order valence-electron chi connectivity index (χ0n) is 22.0. The molecule has 1 fully saturated rings. The molecule has 0 aliphatic carbocycles. The van der Waals surface area contributed by atoms with Gasteiger partial charge in [0, 0.05) is 48.4 Å². The number of piperazine rings is 1. The number of para-hydroxylation sites is 1. The summed E-state index contributed by atoms with van der Waals surface area (Å²) in [6.45, 7) is 2.51. The maximum atomic E-state index is 12.9. The van der Waals surface area contributed by atoms with Crippen molar-refractivity contribution in [2.45, 2.75) is 0 Å². The number of benzene rings is 4. The molecule has 4 aromatic carbocycles. The first-order valence-corrected chi connectivity index (χ1v) is 13.7. The summed E-state index contributed by atoms with van der Waals surface area (Å²) in [5.74, 6) is -0.262. The molecule has 1 saturated heterocycles. The van der Waals surface area contributed by atoms with Crippen molar-refractivity contribution in [1.29, 1.82) is 0 Å². The highest BCUT2D eigenvalue weighted by molar-refractivity contribution is 6.33. The molecule has 2 heterocycles. The van der Waals surface area contributed by atoms with Crippen molar-refractivity contribution < 1.29 is 14.0 Å². The smallest absolute Gasteiger partial charge is 0.344 e. The molecule has 0 bridgehead atoms.